The van der Waals surface area contributed by atoms with Gasteiger partial charge in [0, 0.05) is 43.7 Å². The maximum Gasteiger partial charge on any atom is 0.265 e. The van der Waals surface area contributed by atoms with Crippen LogP contribution in [0, 0.1) is 0 Å². The van der Waals surface area contributed by atoms with Crippen molar-refractivity contribution in [3.63, 3.8) is 0 Å². The Labute approximate surface area is 165 Å². The molecule has 3 N–H and O–H groups in total. The highest BCUT2D eigenvalue weighted by atomic mass is 16.2. The zero-order chi connectivity index (χ0) is 21.3. The number of nitrogens with one attached hydrogen (secondary N) is 1. The summed E-state index contributed by atoms with van der Waals surface area (Å²) in [7, 11) is 1.72. The molecule has 0 fully saturated rings. The van der Waals surface area contributed by atoms with Crippen LogP contribution in [0.3, 0.4) is 0 Å². The van der Waals surface area contributed by atoms with E-state index in [1.807, 2.05) is 13.8 Å². The van der Waals surface area contributed by atoms with Crippen LogP contribution in [0.1, 0.15) is 24.2 Å². The molecule has 10 nitrogen and oxygen atoms in total. The third kappa shape index (κ3) is 3.56. The van der Waals surface area contributed by atoms with Crippen molar-refractivity contribution in [2.45, 2.75) is 20.4 Å². The molecule has 0 aliphatic carbocycles. The summed E-state index contributed by atoms with van der Waals surface area (Å²) in [6.07, 6.45) is 4.67. The summed E-state index contributed by atoms with van der Waals surface area (Å²) < 4.78 is 2.64. The molecule has 3 aromatic heterocycles. The summed E-state index contributed by atoms with van der Waals surface area (Å²) in [5, 5.41) is 4.14. The van der Waals surface area contributed by atoms with Gasteiger partial charge in [-0.15, -0.1) is 0 Å². The highest BCUT2D eigenvalue weighted by Crippen LogP contribution is 2.17. The monoisotopic (exact) mass is 398 g/mol. The normalized spacial score (nSPS) is 11.0. The number of aromatic nitrogens is 4. The number of primary amides is 1. The van der Waals surface area contributed by atoms with Crippen LogP contribution in [0.2, 0.25) is 0 Å². The second kappa shape index (κ2) is 7.74. The predicted octanol–water partition coefficient (Wildman–Crippen LogP) is 0.0576. The Morgan fingerprint density at radius 3 is 2.48 bits per heavy atom. The summed E-state index contributed by atoms with van der Waals surface area (Å²) in [6.45, 7) is 4.27. The van der Waals surface area contributed by atoms with Crippen molar-refractivity contribution in [3.8, 4) is 11.1 Å². The number of H-pyrrole nitrogens is 1. The zero-order valence-electron chi connectivity index (χ0n) is 16.4. The van der Waals surface area contributed by atoms with Crippen molar-refractivity contribution in [1.29, 1.82) is 0 Å². The van der Waals surface area contributed by atoms with E-state index in [1.165, 1.54) is 18.5 Å². The summed E-state index contributed by atoms with van der Waals surface area (Å²) in [5.74, 6) is -1.27. The molecular weight excluding hydrogens is 376 g/mol. The van der Waals surface area contributed by atoms with Crippen molar-refractivity contribution in [1.82, 2.24) is 24.2 Å². The lowest BCUT2D eigenvalue weighted by Gasteiger charge is -2.20. The summed E-state index contributed by atoms with van der Waals surface area (Å²) in [5.41, 5.74) is 4.92. The molecule has 3 rings (SSSR count). The number of likely N-dealkylation sites (N-methyl/N-ethyl adjacent to an activating group) is 1. The molecule has 0 unspecified atom stereocenters. The van der Waals surface area contributed by atoms with Gasteiger partial charge in [-0.25, -0.2) is 0 Å². The Bertz CT molecular complexity index is 1220. The molecule has 0 aliphatic rings. The molecular formula is C19H22N6O4. The van der Waals surface area contributed by atoms with Crippen LogP contribution in [0.15, 0.2) is 34.2 Å². The molecule has 10 heteroatoms. The number of nitrogens with two attached hydrogens (primary N) is 1. The van der Waals surface area contributed by atoms with Crippen LogP contribution in [0.25, 0.3) is 22.2 Å². The van der Waals surface area contributed by atoms with Gasteiger partial charge in [0.1, 0.15) is 17.8 Å². The average Bonchev–Trinajstić information content (AvgIpc) is 3.11. The second-order valence-corrected chi connectivity index (χ2v) is 6.58. The lowest BCUT2D eigenvalue weighted by atomic mass is 10.1. The SMILES string of the molecule is CCN(CC)C(=O)Cn1c(=O)c(C(N)=O)cc2c(=O)c(-c3cnn(C)c3)c[nH]c21. The van der Waals surface area contributed by atoms with Gasteiger partial charge < -0.3 is 15.6 Å². The summed E-state index contributed by atoms with van der Waals surface area (Å²) in [6, 6.07) is 1.18. The van der Waals surface area contributed by atoms with Crippen molar-refractivity contribution in [3.05, 3.63) is 50.8 Å². The number of hydrogen-bond acceptors (Lipinski definition) is 5. The molecule has 0 bridgehead atoms. The van der Waals surface area contributed by atoms with Crippen LogP contribution in [0.5, 0.6) is 0 Å². The lowest BCUT2D eigenvalue weighted by molar-refractivity contribution is -0.131. The summed E-state index contributed by atoms with van der Waals surface area (Å²) >= 11 is 0. The number of hydrogen-bond donors (Lipinski definition) is 2. The number of aromatic amines is 1. The number of pyridine rings is 2. The Morgan fingerprint density at radius 2 is 1.93 bits per heavy atom. The average molecular weight is 398 g/mol. The van der Waals surface area contributed by atoms with Gasteiger partial charge in [-0.3, -0.25) is 28.4 Å². The molecule has 0 spiro atoms. The first-order valence-corrected chi connectivity index (χ1v) is 9.14. The quantitative estimate of drug-likeness (QED) is 0.605. The van der Waals surface area contributed by atoms with Gasteiger partial charge in [-0.1, -0.05) is 0 Å². The van der Waals surface area contributed by atoms with E-state index < -0.39 is 16.9 Å². The van der Waals surface area contributed by atoms with Crippen LogP contribution in [-0.4, -0.2) is 49.1 Å². The zero-order valence-corrected chi connectivity index (χ0v) is 16.4. The van der Waals surface area contributed by atoms with Crippen molar-refractivity contribution >= 4 is 22.8 Å². The van der Waals surface area contributed by atoms with E-state index in [1.54, 1.807) is 22.8 Å². The number of rotatable bonds is 6. The van der Waals surface area contributed by atoms with Crippen molar-refractivity contribution < 1.29 is 9.59 Å². The molecule has 0 aromatic carbocycles. The minimum absolute atomic E-state index is 0.0899. The van der Waals surface area contributed by atoms with Crippen LogP contribution in [0.4, 0.5) is 0 Å². The molecule has 0 aliphatic heterocycles. The molecule has 3 aromatic rings. The Balaban J connectivity index is 2.27. The molecule has 152 valence electrons. The van der Waals surface area contributed by atoms with Crippen molar-refractivity contribution in [2.24, 2.45) is 12.8 Å². The molecule has 0 saturated heterocycles. The molecule has 29 heavy (non-hydrogen) atoms. The number of carbonyl (C=O) groups is 2. The predicted molar refractivity (Wildman–Crippen MR) is 107 cm³/mol. The van der Waals surface area contributed by atoms with Gasteiger partial charge in [0.15, 0.2) is 5.43 Å². The minimum Gasteiger partial charge on any atom is -0.365 e. The standard InChI is InChI=1S/C19H22N6O4/c1-4-24(5-2)15(26)10-25-18-12(6-13(17(20)28)19(25)29)16(27)14(8-21-18)11-7-22-23(3)9-11/h6-9H,4-5,10H2,1-3H3,(H2,20,28)(H,21,27). The second-order valence-electron chi connectivity index (χ2n) is 6.58. The first-order valence-electron chi connectivity index (χ1n) is 9.14. The van der Waals surface area contributed by atoms with E-state index in [0.29, 0.717) is 24.2 Å². The molecule has 3 heterocycles. The highest BCUT2D eigenvalue weighted by molar-refractivity contribution is 5.96. The largest absolute Gasteiger partial charge is 0.365 e. The van der Waals surface area contributed by atoms with Crippen molar-refractivity contribution in [2.75, 3.05) is 13.1 Å². The fourth-order valence-corrected chi connectivity index (χ4v) is 3.26. The first kappa shape index (κ1) is 20.1. The van der Waals surface area contributed by atoms with Gasteiger partial charge in [0.2, 0.25) is 5.91 Å². The fraction of sp³-hybridized carbons (Fsp3) is 0.316. The minimum atomic E-state index is -0.966. The number of aryl methyl sites for hydroxylation is 1. The van der Waals surface area contributed by atoms with Crippen LogP contribution in [-0.2, 0) is 18.4 Å². The molecule has 0 saturated carbocycles. The van der Waals surface area contributed by atoms with Crippen LogP contribution >= 0.6 is 0 Å². The third-order valence-corrected chi connectivity index (χ3v) is 4.82. The summed E-state index contributed by atoms with van der Waals surface area (Å²) in [4.78, 5) is 54.7. The van der Waals surface area contributed by atoms with Gasteiger partial charge in [-0.2, -0.15) is 5.10 Å². The van der Waals surface area contributed by atoms with E-state index in [4.69, 9.17) is 5.73 Å². The van der Waals surface area contributed by atoms with E-state index >= 15 is 0 Å². The fourth-order valence-electron chi connectivity index (χ4n) is 3.26. The maximum absolute atomic E-state index is 13.1. The smallest absolute Gasteiger partial charge is 0.265 e. The Hall–Kier alpha value is -3.69. The third-order valence-electron chi connectivity index (χ3n) is 4.82. The van der Waals surface area contributed by atoms with Crippen LogP contribution < -0.4 is 16.7 Å². The van der Waals surface area contributed by atoms with Gasteiger partial charge >= 0.3 is 0 Å². The van der Waals surface area contributed by atoms with Gasteiger partial charge in [0.25, 0.3) is 11.5 Å². The van der Waals surface area contributed by atoms with Gasteiger partial charge in [-0.05, 0) is 19.9 Å². The Morgan fingerprint density at radius 1 is 1.24 bits per heavy atom. The van der Waals surface area contributed by atoms with E-state index in [0.717, 1.165) is 4.57 Å². The molecule has 0 atom stereocenters. The number of carbonyl (C=O) groups excluding carboxylic acids is 2. The lowest BCUT2D eigenvalue weighted by Crippen LogP contribution is -2.38. The Kier molecular flexibility index (Phi) is 5.35. The first-order chi connectivity index (χ1) is 13.8. The maximum atomic E-state index is 13.1. The molecule has 0 radical (unpaired) electrons. The number of nitrogens with zero attached hydrogens (tertiary/aromatic N) is 4. The van der Waals surface area contributed by atoms with Gasteiger partial charge in [0.05, 0.1) is 11.6 Å². The molecule has 2 amide bonds. The number of fused-ring (bicyclic) bond motifs is 1. The van der Waals surface area contributed by atoms with E-state index in [-0.39, 0.29) is 29.0 Å². The van der Waals surface area contributed by atoms with E-state index in [2.05, 4.69) is 10.1 Å². The highest BCUT2D eigenvalue weighted by Gasteiger charge is 2.20. The van der Waals surface area contributed by atoms with E-state index in [9.17, 15) is 19.2 Å². The number of amides is 2. The topological polar surface area (TPSA) is 136 Å².